The molecular weight excluding hydrogens is 668 g/mol. The second-order valence-electron chi connectivity index (χ2n) is 13.6. The molecule has 1 aromatic carbocycles. The first-order valence-electron chi connectivity index (χ1n) is 18.7. The lowest BCUT2D eigenvalue weighted by Gasteiger charge is -2.42. The Morgan fingerprint density at radius 1 is 1.18 bits per heavy atom. The van der Waals surface area contributed by atoms with Crippen molar-refractivity contribution in [1.29, 1.82) is 5.26 Å². The van der Waals surface area contributed by atoms with E-state index in [2.05, 4.69) is 65.5 Å². The number of rotatable bonds is 14. The molecule has 1 fully saturated rings. The van der Waals surface area contributed by atoms with Crippen molar-refractivity contribution in [2.45, 2.75) is 124 Å². The van der Waals surface area contributed by atoms with Crippen LogP contribution in [0.4, 0.5) is 10.2 Å². The molecule has 1 saturated heterocycles. The van der Waals surface area contributed by atoms with Crippen molar-refractivity contribution in [1.82, 2.24) is 14.9 Å². The van der Waals surface area contributed by atoms with Crippen molar-refractivity contribution < 1.29 is 13.9 Å². The number of piperazine rings is 1. The van der Waals surface area contributed by atoms with E-state index in [1.54, 1.807) is 7.11 Å². The highest BCUT2D eigenvalue weighted by Gasteiger charge is 2.36. The van der Waals surface area contributed by atoms with Crippen LogP contribution in [0.5, 0.6) is 6.01 Å². The smallest absolute Gasteiger partial charge is 0.318 e. The zero-order valence-electron chi connectivity index (χ0n) is 31.7. The number of amides is 1. The molecule has 10 heteroatoms. The topological polar surface area (TPSA) is 82.3 Å². The van der Waals surface area contributed by atoms with E-state index in [9.17, 15) is 14.4 Å². The fourth-order valence-electron chi connectivity index (χ4n) is 6.80. The van der Waals surface area contributed by atoms with E-state index in [0.29, 0.717) is 19.0 Å². The number of carbonyl (C=O) groups is 1. The first-order valence-corrected chi connectivity index (χ1v) is 19.8. The number of carbonyl (C=O) groups excluding carboxylic acids is 1. The molecule has 0 N–H and O–H groups in total. The number of nitriles is 1. The van der Waals surface area contributed by atoms with E-state index in [1.807, 2.05) is 32.0 Å². The van der Waals surface area contributed by atoms with Crippen molar-refractivity contribution in [2.75, 3.05) is 31.6 Å². The van der Waals surface area contributed by atoms with Crippen LogP contribution >= 0.6 is 20.8 Å². The van der Waals surface area contributed by atoms with Crippen LogP contribution in [0.3, 0.4) is 0 Å². The molecule has 278 valence electrons. The Morgan fingerprint density at radius 3 is 2.50 bits per heavy atom. The monoisotopic (exact) mass is 729 g/mol. The quantitative estimate of drug-likeness (QED) is 0.142. The minimum absolute atomic E-state index is 0.0936. The van der Waals surface area contributed by atoms with Gasteiger partial charge in [0.2, 0.25) is 0 Å². The second kappa shape index (κ2) is 22.9. The van der Waals surface area contributed by atoms with Crippen molar-refractivity contribution in [2.24, 2.45) is 17.8 Å². The SMILES string of the molecule is C=C(F)C(=O)N1CCN(c2nc(OC)nc3c2CCC(CCc2ccccc2Cl)C3P)CC1CC#N.CC.CCCCC(CC)CCC(C)C. The highest BCUT2D eigenvalue weighted by atomic mass is 35.5. The molecule has 5 atom stereocenters. The number of aryl methyl sites for hydroxylation is 1. The number of ether oxygens (including phenoxy) is 1. The summed E-state index contributed by atoms with van der Waals surface area (Å²) in [4.78, 5) is 25.2. The number of methoxy groups -OCH3 is 1. The predicted molar refractivity (Wildman–Crippen MR) is 210 cm³/mol. The summed E-state index contributed by atoms with van der Waals surface area (Å²) in [5.41, 5.74) is 3.29. The van der Waals surface area contributed by atoms with Gasteiger partial charge in [-0.05, 0) is 55.1 Å². The number of hydrogen-bond acceptors (Lipinski definition) is 6. The summed E-state index contributed by atoms with van der Waals surface area (Å²) >= 11 is 6.37. The van der Waals surface area contributed by atoms with E-state index in [-0.39, 0.29) is 24.6 Å². The largest absolute Gasteiger partial charge is 0.467 e. The van der Waals surface area contributed by atoms with Gasteiger partial charge in [-0.15, -0.1) is 9.24 Å². The summed E-state index contributed by atoms with van der Waals surface area (Å²) in [5.74, 6) is 1.29. The van der Waals surface area contributed by atoms with Crippen LogP contribution in [0.2, 0.25) is 5.02 Å². The Balaban J connectivity index is 0.000000526. The average molecular weight is 730 g/mol. The third kappa shape index (κ3) is 12.8. The van der Waals surface area contributed by atoms with Gasteiger partial charge in [0, 0.05) is 35.9 Å². The summed E-state index contributed by atoms with van der Waals surface area (Å²) in [6, 6.07) is 9.89. The minimum Gasteiger partial charge on any atom is -0.467 e. The number of nitrogens with zero attached hydrogens (tertiary/aromatic N) is 5. The van der Waals surface area contributed by atoms with Crippen LogP contribution in [0, 0.1) is 29.1 Å². The van der Waals surface area contributed by atoms with Crippen molar-refractivity contribution in [3.8, 4) is 12.1 Å². The lowest BCUT2D eigenvalue weighted by molar-refractivity contribution is -0.131. The molecule has 1 amide bonds. The van der Waals surface area contributed by atoms with E-state index in [1.165, 1.54) is 43.4 Å². The Bertz CT molecular complexity index is 1390. The summed E-state index contributed by atoms with van der Waals surface area (Å²) in [5, 5.41) is 10.1. The van der Waals surface area contributed by atoms with Crippen LogP contribution in [-0.4, -0.2) is 53.6 Å². The van der Waals surface area contributed by atoms with Crippen molar-refractivity contribution in [3.63, 3.8) is 0 Å². The Morgan fingerprint density at radius 2 is 1.90 bits per heavy atom. The van der Waals surface area contributed by atoms with Gasteiger partial charge in [-0.3, -0.25) is 4.79 Å². The maximum atomic E-state index is 13.6. The van der Waals surface area contributed by atoms with Crippen LogP contribution in [0.15, 0.2) is 36.7 Å². The lowest BCUT2D eigenvalue weighted by atomic mass is 9.82. The number of halogens is 2. The average Bonchev–Trinajstić information content (AvgIpc) is 3.12. The first-order chi connectivity index (χ1) is 24.0. The summed E-state index contributed by atoms with van der Waals surface area (Å²) in [6.07, 6.45) is 12.3. The van der Waals surface area contributed by atoms with Gasteiger partial charge in [-0.25, -0.2) is 4.39 Å². The molecule has 4 rings (SSSR count). The maximum absolute atomic E-state index is 13.6. The molecule has 1 aliphatic carbocycles. The van der Waals surface area contributed by atoms with Gasteiger partial charge in [-0.2, -0.15) is 15.2 Å². The fourth-order valence-corrected chi connectivity index (χ4v) is 7.69. The molecule has 50 heavy (non-hydrogen) atoms. The number of fused-ring (bicyclic) bond motifs is 1. The number of benzene rings is 1. The number of anilines is 1. The van der Waals surface area contributed by atoms with E-state index in [0.717, 1.165) is 65.2 Å². The molecular formula is C40H62ClFN5O2P. The molecule has 5 unspecified atom stereocenters. The lowest BCUT2D eigenvalue weighted by Crippen LogP contribution is -2.55. The zero-order chi connectivity index (χ0) is 37.2. The van der Waals surface area contributed by atoms with Crippen molar-refractivity contribution in [3.05, 3.63) is 58.5 Å². The second-order valence-corrected chi connectivity index (χ2v) is 14.7. The fraction of sp³-hybridized carbons (Fsp3) is 0.650. The Labute approximate surface area is 309 Å². The molecule has 2 aromatic rings. The molecule has 1 aromatic heterocycles. The van der Waals surface area contributed by atoms with Gasteiger partial charge >= 0.3 is 6.01 Å². The molecule has 2 heterocycles. The van der Waals surface area contributed by atoms with Gasteiger partial charge in [0.15, 0.2) is 5.83 Å². The summed E-state index contributed by atoms with van der Waals surface area (Å²) < 4.78 is 19.0. The Hall–Kier alpha value is -2.75. The number of aromatic nitrogens is 2. The van der Waals surface area contributed by atoms with E-state index >= 15 is 0 Å². The van der Waals surface area contributed by atoms with Gasteiger partial charge < -0.3 is 14.5 Å². The van der Waals surface area contributed by atoms with Crippen LogP contribution in [0.1, 0.15) is 122 Å². The van der Waals surface area contributed by atoms with Gasteiger partial charge in [0.05, 0.1) is 31.3 Å². The zero-order valence-corrected chi connectivity index (χ0v) is 33.6. The molecule has 7 nitrogen and oxygen atoms in total. The molecule has 0 saturated carbocycles. The van der Waals surface area contributed by atoms with Crippen LogP contribution < -0.4 is 9.64 Å². The van der Waals surface area contributed by atoms with Gasteiger partial charge in [-0.1, -0.05) is 116 Å². The molecule has 0 radical (unpaired) electrons. The van der Waals surface area contributed by atoms with Crippen molar-refractivity contribution >= 4 is 32.6 Å². The number of hydrogen-bond donors (Lipinski definition) is 0. The van der Waals surface area contributed by atoms with E-state index < -0.39 is 17.8 Å². The highest BCUT2D eigenvalue weighted by Crippen LogP contribution is 2.45. The molecule has 2 aliphatic rings. The molecule has 0 bridgehead atoms. The first kappa shape index (κ1) is 43.4. The molecule has 1 aliphatic heterocycles. The highest BCUT2D eigenvalue weighted by molar-refractivity contribution is 7.17. The summed E-state index contributed by atoms with van der Waals surface area (Å²) in [7, 11) is 4.50. The normalized spacial score (nSPS) is 18.9. The summed E-state index contributed by atoms with van der Waals surface area (Å²) in [6.45, 7) is 17.5. The third-order valence-corrected chi connectivity index (χ3v) is 11.0. The third-order valence-electron chi connectivity index (χ3n) is 9.81. The van der Waals surface area contributed by atoms with Gasteiger partial charge in [0.25, 0.3) is 5.91 Å². The molecule has 0 spiro atoms. The maximum Gasteiger partial charge on any atom is 0.318 e. The van der Waals surface area contributed by atoms with E-state index in [4.69, 9.17) is 21.3 Å². The van der Waals surface area contributed by atoms with Crippen LogP contribution in [-0.2, 0) is 17.6 Å². The van der Waals surface area contributed by atoms with Gasteiger partial charge in [0.1, 0.15) is 5.82 Å². The Kier molecular flexibility index (Phi) is 19.9. The predicted octanol–water partition coefficient (Wildman–Crippen LogP) is 10.3. The standard InChI is InChI=1S/C26H30ClFN5O2P.C12H26.C2H6/c1-16(28)25(34)33-14-13-32(15-19(33)11-12-29)24-20-10-9-18(8-7-17-5-3-4-6-21(17)27)23(36)22(20)30-26(31-24)35-2;1-5-7-8-12(6-2)10-9-11(3)4;1-2/h3-6,18-19,23H,1,7-11,13-15,36H2,2H3;11-12H,5-10H2,1-4H3;1-2H3. The minimum atomic E-state index is -1.01. The van der Waals surface area contributed by atoms with Crippen LogP contribution in [0.25, 0.3) is 0 Å². The number of unbranched alkanes of at least 4 members (excludes halogenated alkanes) is 1.